The molecule has 1 aromatic rings. The first-order chi connectivity index (χ1) is 6.91. The molecule has 0 bridgehead atoms. The van der Waals surface area contributed by atoms with E-state index in [9.17, 15) is 0 Å². The topological polar surface area (TPSA) is 21.1 Å². The van der Waals surface area contributed by atoms with Crippen molar-refractivity contribution in [2.75, 3.05) is 13.6 Å². The first kappa shape index (κ1) is 13.0. The molecule has 0 aliphatic heterocycles. The lowest BCUT2D eigenvalue weighted by molar-refractivity contribution is 0.323. The van der Waals surface area contributed by atoms with Crippen molar-refractivity contribution in [2.24, 2.45) is 7.05 Å². The van der Waals surface area contributed by atoms with Gasteiger partial charge in [0.25, 0.3) is 0 Å². The van der Waals surface area contributed by atoms with E-state index in [0.717, 1.165) is 29.5 Å². The Hall–Kier alpha value is -0.0600. The van der Waals surface area contributed by atoms with Gasteiger partial charge in [0.1, 0.15) is 0 Å². The van der Waals surface area contributed by atoms with Gasteiger partial charge >= 0.3 is 0 Å². The largest absolute Gasteiger partial charge is 0.299 e. The van der Waals surface area contributed by atoms with Gasteiger partial charge in [0.15, 0.2) is 0 Å². The van der Waals surface area contributed by atoms with Crippen LogP contribution in [0.2, 0.25) is 5.02 Å². The Balaban J connectivity index is 2.71. The second-order valence-corrected chi connectivity index (χ2v) is 5.89. The van der Waals surface area contributed by atoms with Crippen LogP contribution in [0.5, 0.6) is 0 Å². The second kappa shape index (κ2) is 5.32. The molecule has 0 aliphatic rings. The standard InChI is InChI=1S/C10H17BrClN3/c1-7(11)5-14(3)6-9-10(12)8(2)13-15(9)4/h7H,5-6H2,1-4H3. The molecule has 1 unspecified atom stereocenters. The Morgan fingerprint density at radius 2 is 2.20 bits per heavy atom. The zero-order valence-corrected chi connectivity index (χ0v) is 11.9. The van der Waals surface area contributed by atoms with Crippen molar-refractivity contribution in [3.63, 3.8) is 0 Å². The van der Waals surface area contributed by atoms with Crippen molar-refractivity contribution < 1.29 is 0 Å². The average molecular weight is 295 g/mol. The van der Waals surface area contributed by atoms with Gasteiger partial charge < -0.3 is 0 Å². The van der Waals surface area contributed by atoms with Crippen LogP contribution in [-0.4, -0.2) is 33.1 Å². The van der Waals surface area contributed by atoms with Gasteiger partial charge in [-0.3, -0.25) is 9.58 Å². The maximum Gasteiger partial charge on any atom is 0.0860 e. The van der Waals surface area contributed by atoms with Crippen molar-refractivity contribution in [1.82, 2.24) is 14.7 Å². The quantitative estimate of drug-likeness (QED) is 0.796. The smallest absolute Gasteiger partial charge is 0.0860 e. The van der Waals surface area contributed by atoms with Crippen LogP contribution in [0.15, 0.2) is 0 Å². The maximum atomic E-state index is 6.17. The molecule has 5 heteroatoms. The molecule has 0 N–H and O–H groups in total. The van der Waals surface area contributed by atoms with E-state index in [0.29, 0.717) is 4.83 Å². The number of hydrogen-bond donors (Lipinski definition) is 0. The normalized spacial score (nSPS) is 13.5. The highest BCUT2D eigenvalue weighted by atomic mass is 79.9. The number of aromatic nitrogens is 2. The molecule has 0 saturated carbocycles. The number of aryl methyl sites for hydroxylation is 2. The molecule has 0 saturated heterocycles. The monoisotopic (exact) mass is 293 g/mol. The summed E-state index contributed by atoms with van der Waals surface area (Å²) in [4.78, 5) is 2.71. The summed E-state index contributed by atoms with van der Waals surface area (Å²) in [5.41, 5.74) is 1.97. The van der Waals surface area contributed by atoms with E-state index >= 15 is 0 Å². The predicted octanol–water partition coefficient (Wildman–Crippen LogP) is 2.60. The van der Waals surface area contributed by atoms with Gasteiger partial charge in [-0.05, 0) is 14.0 Å². The zero-order chi connectivity index (χ0) is 11.6. The molecule has 0 fully saturated rings. The van der Waals surface area contributed by atoms with Crippen molar-refractivity contribution in [1.29, 1.82) is 0 Å². The minimum atomic E-state index is 0.482. The Bertz CT molecular complexity index is 336. The van der Waals surface area contributed by atoms with Crippen LogP contribution in [0.25, 0.3) is 0 Å². The third kappa shape index (κ3) is 3.47. The van der Waals surface area contributed by atoms with Crippen LogP contribution in [0.4, 0.5) is 0 Å². The van der Waals surface area contributed by atoms with Gasteiger partial charge in [0.05, 0.1) is 16.4 Å². The predicted molar refractivity (Wildman–Crippen MR) is 67.7 cm³/mol. The third-order valence-electron chi connectivity index (χ3n) is 2.24. The Kier molecular flexibility index (Phi) is 4.62. The van der Waals surface area contributed by atoms with Gasteiger partial charge in [-0.1, -0.05) is 34.5 Å². The Morgan fingerprint density at radius 1 is 1.60 bits per heavy atom. The summed E-state index contributed by atoms with van der Waals surface area (Å²) in [6.07, 6.45) is 0. The molecule has 1 aromatic heterocycles. The van der Waals surface area contributed by atoms with Gasteiger partial charge in [-0.25, -0.2) is 0 Å². The van der Waals surface area contributed by atoms with Crippen LogP contribution in [-0.2, 0) is 13.6 Å². The van der Waals surface area contributed by atoms with Crippen LogP contribution >= 0.6 is 27.5 Å². The molecule has 3 nitrogen and oxygen atoms in total. The summed E-state index contributed by atoms with van der Waals surface area (Å²) in [5.74, 6) is 0. The lowest BCUT2D eigenvalue weighted by atomic mass is 10.3. The number of nitrogens with zero attached hydrogens (tertiary/aromatic N) is 3. The van der Waals surface area contributed by atoms with Crippen LogP contribution in [0.1, 0.15) is 18.3 Å². The molecular weight excluding hydrogens is 277 g/mol. The molecule has 1 heterocycles. The Labute approximate surface area is 105 Å². The molecule has 0 aliphatic carbocycles. The molecule has 0 aromatic carbocycles. The molecule has 0 radical (unpaired) electrons. The molecular formula is C10H17BrClN3. The SMILES string of the molecule is Cc1nn(C)c(CN(C)CC(C)Br)c1Cl. The second-order valence-electron chi connectivity index (χ2n) is 3.95. The van der Waals surface area contributed by atoms with Crippen LogP contribution in [0.3, 0.4) is 0 Å². The number of alkyl halides is 1. The minimum absolute atomic E-state index is 0.482. The highest BCUT2D eigenvalue weighted by Gasteiger charge is 2.13. The molecule has 1 atom stereocenters. The molecule has 0 amide bonds. The van der Waals surface area contributed by atoms with Gasteiger partial charge in [0, 0.05) is 25.0 Å². The highest BCUT2D eigenvalue weighted by molar-refractivity contribution is 9.09. The van der Waals surface area contributed by atoms with Crippen LogP contribution < -0.4 is 0 Å². The van der Waals surface area contributed by atoms with Crippen molar-refractivity contribution in [2.45, 2.75) is 25.2 Å². The fourth-order valence-electron chi connectivity index (χ4n) is 1.60. The van der Waals surface area contributed by atoms with Gasteiger partial charge in [0.2, 0.25) is 0 Å². The molecule has 86 valence electrons. The fourth-order valence-corrected chi connectivity index (χ4v) is 2.32. The van der Waals surface area contributed by atoms with E-state index in [1.165, 1.54) is 0 Å². The molecule has 15 heavy (non-hydrogen) atoms. The van der Waals surface area contributed by atoms with E-state index in [1.54, 1.807) is 0 Å². The average Bonchev–Trinajstić information content (AvgIpc) is 2.31. The third-order valence-corrected chi connectivity index (χ3v) is 3.03. The van der Waals surface area contributed by atoms with E-state index in [-0.39, 0.29) is 0 Å². The van der Waals surface area contributed by atoms with Crippen molar-refractivity contribution in [3.8, 4) is 0 Å². The number of halogens is 2. The van der Waals surface area contributed by atoms with Crippen molar-refractivity contribution >= 4 is 27.5 Å². The van der Waals surface area contributed by atoms with E-state index in [1.807, 2.05) is 18.7 Å². The highest BCUT2D eigenvalue weighted by Crippen LogP contribution is 2.20. The zero-order valence-electron chi connectivity index (χ0n) is 9.59. The first-order valence-corrected chi connectivity index (χ1v) is 6.21. The Morgan fingerprint density at radius 3 is 2.60 bits per heavy atom. The fraction of sp³-hybridized carbons (Fsp3) is 0.700. The first-order valence-electron chi connectivity index (χ1n) is 4.92. The van der Waals surface area contributed by atoms with E-state index in [2.05, 4.69) is 39.9 Å². The summed E-state index contributed by atoms with van der Waals surface area (Å²) in [6, 6.07) is 0. The number of hydrogen-bond acceptors (Lipinski definition) is 2. The summed E-state index contributed by atoms with van der Waals surface area (Å²) < 4.78 is 1.85. The molecule has 1 rings (SSSR count). The summed E-state index contributed by atoms with van der Waals surface area (Å²) in [6.45, 7) is 5.87. The summed E-state index contributed by atoms with van der Waals surface area (Å²) >= 11 is 9.71. The maximum absolute atomic E-state index is 6.17. The van der Waals surface area contributed by atoms with Gasteiger partial charge in [-0.2, -0.15) is 5.10 Å². The summed E-state index contributed by atoms with van der Waals surface area (Å²) in [7, 11) is 4.01. The van der Waals surface area contributed by atoms with E-state index < -0.39 is 0 Å². The summed E-state index contributed by atoms with van der Waals surface area (Å²) in [5, 5.41) is 5.07. The lowest BCUT2D eigenvalue weighted by Gasteiger charge is -2.18. The minimum Gasteiger partial charge on any atom is -0.299 e. The number of rotatable bonds is 4. The molecule has 0 spiro atoms. The van der Waals surface area contributed by atoms with Crippen LogP contribution in [0, 0.1) is 6.92 Å². The van der Waals surface area contributed by atoms with Crippen molar-refractivity contribution in [3.05, 3.63) is 16.4 Å². The van der Waals surface area contributed by atoms with E-state index in [4.69, 9.17) is 11.6 Å². The van der Waals surface area contributed by atoms with Gasteiger partial charge in [-0.15, -0.1) is 0 Å². The lowest BCUT2D eigenvalue weighted by Crippen LogP contribution is -2.25.